The van der Waals surface area contributed by atoms with Crippen LogP contribution in [0.25, 0.3) is 0 Å². The number of rotatable bonds is 2. The second-order valence-corrected chi connectivity index (χ2v) is 5.84. The molecule has 1 aliphatic heterocycles. The Kier molecular flexibility index (Phi) is 4.26. The van der Waals surface area contributed by atoms with Crippen LogP contribution in [0.15, 0.2) is 53.9 Å². The van der Waals surface area contributed by atoms with Gasteiger partial charge in [-0.3, -0.25) is 9.78 Å². The molecule has 0 bridgehead atoms. The highest BCUT2D eigenvalue weighted by atomic mass is 35.5. The molecule has 1 unspecified atom stereocenters. The quantitative estimate of drug-likeness (QED) is 0.883. The van der Waals surface area contributed by atoms with E-state index in [0.717, 1.165) is 0 Å². The highest BCUT2D eigenvalue weighted by Gasteiger charge is 2.53. The minimum Gasteiger partial charge on any atom is -0.365 e. The van der Waals surface area contributed by atoms with Gasteiger partial charge in [0.05, 0.1) is 12.0 Å². The van der Waals surface area contributed by atoms with Crippen LogP contribution in [0, 0.1) is 0 Å². The molecule has 1 N–H and O–H groups in total. The summed E-state index contributed by atoms with van der Waals surface area (Å²) >= 11 is 5.78. The van der Waals surface area contributed by atoms with E-state index >= 15 is 0 Å². The van der Waals surface area contributed by atoms with Crippen molar-refractivity contribution in [2.45, 2.75) is 18.3 Å². The molecule has 1 amide bonds. The standard InChI is InChI=1S/C16H11ClF3N3O2/c17-12-5-3-11(4-6-12)15(25)8-13(16(18,19)20)22-23(15)14(24)10-2-1-7-21-9-10/h1-7,9,25H,8H2. The van der Waals surface area contributed by atoms with Gasteiger partial charge in [0.15, 0.2) is 5.72 Å². The maximum atomic E-state index is 13.1. The van der Waals surface area contributed by atoms with Crippen LogP contribution in [0.5, 0.6) is 0 Å². The molecule has 3 rings (SSSR count). The van der Waals surface area contributed by atoms with Crippen LogP contribution in [0.1, 0.15) is 22.3 Å². The van der Waals surface area contributed by atoms with Crippen molar-refractivity contribution in [1.82, 2.24) is 9.99 Å². The summed E-state index contributed by atoms with van der Waals surface area (Å²) in [4.78, 5) is 16.4. The van der Waals surface area contributed by atoms with Crippen molar-refractivity contribution in [2.24, 2.45) is 5.10 Å². The molecule has 0 saturated heterocycles. The third-order valence-electron chi connectivity index (χ3n) is 3.72. The number of carbonyl (C=O) groups is 1. The smallest absolute Gasteiger partial charge is 0.365 e. The molecule has 2 heterocycles. The number of carbonyl (C=O) groups excluding carboxylic acids is 1. The maximum Gasteiger partial charge on any atom is 0.431 e. The van der Waals surface area contributed by atoms with E-state index in [1.807, 2.05) is 0 Å². The van der Waals surface area contributed by atoms with Crippen molar-refractivity contribution >= 4 is 23.2 Å². The zero-order valence-electron chi connectivity index (χ0n) is 12.5. The number of hydrazone groups is 1. The van der Waals surface area contributed by atoms with Crippen LogP contribution in [0.4, 0.5) is 13.2 Å². The van der Waals surface area contributed by atoms with Gasteiger partial charge in [-0.15, -0.1) is 0 Å². The molecule has 9 heteroatoms. The summed E-state index contributed by atoms with van der Waals surface area (Å²) in [5.41, 5.74) is -3.45. The topological polar surface area (TPSA) is 65.8 Å². The average Bonchev–Trinajstić information content (AvgIpc) is 2.94. The van der Waals surface area contributed by atoms with E-state index in [1.54, 1.807) is 0 Å². The Morgan fingerprint density at radius 1 is 1.24 bits per heavy atom. The molecule has 25 heavy (non-hydrogen) atoms. The molecule has 0 saturated carbocycles. The van der Waals surface area contributed by atoms with E-state index in [9.17, 15) is 23.1 Å². The Morgan fingerprint density at radius 2 is 1.92 bits per heavy atom. The molecule has 5 nitrogen and oxygen atoms in total. The highest BCUT2D eigenvalue weighted by molar-refractivity contribution is 6.30. The summed E-state index contributed by atoms with van der Waals surface area (Å²) in [6.07, 6.45) is -3.06. The largest absolute Gasteiger partial charge is 0.431 e. The fourth-order valence-electron chi connectivity index (χ4n) is 2.47. The normalized spacial score (nSPS) is 20.5. The summed E-state index contributed by atoms with van der Waals surface area (Å²) < 4.78 is 39.3. The summed E-state index contributed by atoms with van der Waals surface area (Å²) in [5, 5.41) is 15.0. The van der Waals surface area contributed by atoms with Gasteiger partial charge in [0.1, 0.15) is 5.71 Å². The number of nitrogens with zero attached hydrogens (tertiary/aromatic N) is 3. The molecule has 130 valence electrons. The van der Waals surface area contributed by atoms with Gasteiger partial charge < -0.3 is 5.11 Å². The summed E-state index contributed by atoms with van der Waals surface area (Å²) in [6, 6.07) is 8.35. The van der Waals surface area contributed by atoms with Crippen molar-refractivity contribution in [3.63, 3.8) is 0 Å². The minimum absolute atomic E-state index is 0.00191. The van der Waals surface area contributed by atoms with Gasteiger partial charge in [0, 0.05) is 23.0 Å². The summed E-state index contributed by atoms with van der Waals surface area (Å²) in [5.74, 6) is -0.898. The fourth-order valence-corrected chi connectivity index (χ4v) is 2.60. The number of benzene rings is 1. The molecule has 2 aromatic rings. The van der Waals surface area contributed by atoms with Gasteiger partial charge in [-0.1, -0.05) is 23.7 Å². The molecular weight excluding hydrogens is 359 g/mol. The van der Waals surface area contributed by atoms with E-state index in [1.165, 1.54) is 48.8 Å². The van der Waals surface area contributed by atoms with Crippen molar-refractivity contribution in [2.75, 3.05) is 0 Å². The monoisotopic (exact) mass is 369 g/mol. The van der Waals surface area contributed by atoms with Crippen LogP contribution in [-0.4, -0.2) is 32.9 Å². The van der Waals surface area contributed by atoms with Gasteiger partial charge in [-0.05, 0) is 24.3 Å². The molecule has 1 atom stereocenters. The molecule has 0 radical (unpaired) electrons. The second kappa shape index (κ2) is 6.12. The third-order valence-corrected chi connectivity index (χ3v) is 3.97. The fraction of sp³-hybridized carbons (Fsp3) is 0.188. The van der Waals surface area contributed by atoms with E-state index in [4.69, 9.17) is 11.6 Å². The number of alkyl halides is 3. The zero-order chi connectivity index (χ0) is 18.2. The number of halogens is 4. The van der Waals surface area contributed by atoms with Gasteiger partial charge >= 0.3 is 6.18 Å². The van der Waals surface area contributed by atoms with Gasteiger partial charge in [-0.25, -0.2) is 0 Å². The third kappa shape index (κ3) is 3.22. The number of aromatic nitrogens is 1. The number of pyridine rings is 1. The minimum atomic E-state index is -4.77. The zero-order valence-corrected chi connectivity index (χ0v) is 13.3. The maximum absolute atomic E-state index is 13.1. The SMILES string of the molecule is O=C(c1cccnc1)N1N=C(C(F)(F)F)CC1(O)c1ccc(Cl)cc1. The molecule has 0 aliphatic carbocycles. The number of hydrogen-bond donors (Lipinski definition) is 1. The Morgan fingerprint density at radius 3 is 2.48 bits per heavy atom. The molecule has 0 spiro atoms. The first kappa shape index (κ1) is 17.4. The van der Waals surface area contributed by atoms with Crippen LogP contribution >= 0.6 is 11.6 Å². The van der Waals surface area contributed by atoms with Crippen LogP contribution in [0.3, 0.4) is 0 Å². The number of aliphatic hydroxyl groups is 1. The first-order valence-electron chi connectivity index (χ1n) is 7.09. The van der Waals surface area contributed by atoms with Crippen molar-refractivity contribution in [1.29, 1.82) is 0 Å². The van der Waals surface area contributed by atoms with E-state index in [0.29, 0.717) is 10.0 Å². The van der Waals surface area contributed by atoms with Crippen LogP contribution < -0.4 is 0 Å². The molecular formula is C16H11ClF3N3O2. The lowest BCUT2D eigenvalue weighted by molar-refractivity contribution is -0.0816. The first-order valence-corrected chi connectivity index (χ1v) is 7.47. The highest BCUT2D eigenvalue weighted by Crippen LogP contribution is 2.40. The van der Waals surface area contributed by atoms with E-state index in [-0.39, 0.29) is 11.1 Å². The molecule has 1 aromatic heterocycles. The van der Waals surface area contributed by atoms with Crippen molar-refractivity contribution < 1.29 is 23.1 Å². The van der Waals surface area contributed by atoms with Crippen LogP contribution in [-0.2, 0) is 5.72 Å². The first-order chi connectivity index (χ1) is 11.7. The van der Waals surface area contributed by atoms with Gasteiger partial charge in [0.25, 0.3) is 5.91 Å². The predicted molar refractivity (Wildman–Crippen MR) is 83.9 cm³/mol. The summed E-state index contributed by atoms with van der Waals surface area (Å²) in [7, 11) is 0. The lowest BCUT2D eigenvalue weighted by atomic mass is 9.96. The van der Waals surface area contributed by atoms with Gasteiger partial charge in [0.2, 0.25) is 0 Å². The predicted octanol–water partition coefficient (Wildman–Crippen LogP) is 3.34. The molecule has 1 aromatic carbocycles. The Bertz CT molecular complexity index is 825. The lowest BCUT2D eigenvalue weighted by Crippen LogP contribution is -2.43. The second-order valence-electron chi connectivity index (χ2n) is 5.40. The van der Waals surface area contributed by atoms with Crippen molar-refractivity contribution in [3.05, 3.63) is 64.9 Å². The Balaban J connectivity index is 2.07. The lowest BCUT2D eigenvalue weighted by Gasteiger charge is -2.31. The summed E-state index contributed by atoms with van der Waals surface area (Å²) in [6.45, 7) is 0. The molecule has 0 fully saturated rings. The Labute approximate surface area is 145 Å². The average molecular weight is 370 g/mol. The van der Waals surface area contributed by atoms with E-state index in [2.05, 4.69) is 10.1 Å². The van der Waals surface area contributed by atoms with Crippen molar-refractivity contribution in [3.8, 4) is 0 Å². The number of amides is 1. The Hall–Kier alpha value is -2.45. The number of hydrogen-bond acceptors (Lipinski definition) is 4. The van der Waals surface area contributed by atoms with E-state index < -0.39 is 29.9 Å². The molecule has 1 aliphatic rings. The van der Waals surface area contributed by atoms with Gasteiger partial charge in [-0.2, -0.15) is 23.3 Å². The van der Waals surface area contributed by atoms with Crippen LogP contribution in [0.2, 0.25) is 5.02 Å².